The van der Waals surface area contributed by atoms with Gasteiger partial charge < -0.3 is 19.5 Å². The lowest BCUT2D eigenvalue weighted by Gasteiger charge is -2.44. The van der Waals surface area contributed by atoms with Crippen LogP contribution in [0.3, 0.4) is 0 Å². The summed E-state index contributed by atoms with van der Waals surface area (Å²) in [6, 6.07) is 6.88. The highest BCUT2D eigenvalue weighted by atomic mass is 35.5. The molecule has 11 heteroatoms. The van der Waals surface area contributed by atoms with Crippen LogP contribution in [0.15, 0.2) is 36.7 Å². The van der Waals surface area contributed by atoms with Crippen molar-refractivity contribution < 1.29 is 31.5 Å². The van der Waals surface area contributed by atoms with Crippen molar-refractivity contribution in [3.8, 4) is 11.5 Å². The van der Waals surface area contributed by atoms with Crippen LogP contribution in [0.2, 0.25) is 5.02 Å². The molecule has 7 nitrogen and oxygen atoms in total. The first kappa shape index (κ1) is 19.5. The van der Waals surface area contributed by atoms with E-state index in [0.717, 1.165) is 0 Å². The van der Waals surface area contributed by atoms with Crippen molar-refractivity contribution in [1.82, 2.24) is 14.9 Å². The van der Waals surface area contributed by atoms with Crippen LogP contribution >= 0.6 is 11.6 Å². The average molecular weight is 498 g/mol. The average Bonchev–Trinajstić information content (AvgIpc) is 2.77. The number of rotatable bonds is 6. The molecule has 2 aliphatic heterocycles. The molecule has 2 aliphatic rings. The minimum atomic E-state index is -3.22. The maximum atomic E-state index is 15.1. The van der Waals surface area contributed by atoms with Crippen LogP contribution in [0.5, 0.6) is 11.5 Å². The normalized spacial score (nSPS) is 22.4. The molecule has 180 valence electrons. The summed E-state index contributed by atoms with van der Waals surface area (Å²) in [5.74, 6) is -4.31. The van der Waals surface area contributed by atoms with E-state index in [1.165, 1.54) is 36.7 Å². The largest absolute Gasteiger partial charge is 0.493 e. The summed E-state index contributed by atoms with van der Waals surface area (Å²) < 4.78 is 83.1. The van der Waals surface area contributed by atoms with E-state index in [1.54, 1.807) is 4.90 Å². The molecular formula is C23H22ClF3N4O3. The third kappa shape index (κ3) is 4.33. The molecule has 0 saturated carbocycles. The van der Waals surface area contributed by atoms with E-state index in [9.17, 15) is 4.39 Å². The Morgan fingerprint density at radius 2 is 2.12 bits per heavy atom. The van der Waals surface area contributed by atoms with Crippen LogP contribution in [-0.2, 0) is 4.74 Å². The molecule has 0 spiro atoms. The molecule has 3 aromatic rings. The van der Waals surface area contributed by atoms with Crippen molar-refractivity contribution >= 4 is 34.0 Å². The third-order valence-electron chi connectivity index (χ3n) is 5.99. The number of benzene rings is 2. The first-order valence-corrected chi connectivity index (χ1v) is 10.9. The number of hydrogen-bond acceptors (Lipinski definition) is 7. The predicted molar refractivity (Wildman–Crippen MR) is 121 cm³/mol. The number of nitrogens with one attached hydrogen (secondary N) is 1. The highest BCUT2D eigenvalue weighted by Gasteiger charge is 2.48. The number of methoxy groups -OCH3 is 1. The minimum absolute atomic E-state index is 0.00112. The van der Waals surface area contributed by atoms with Gasteiger partial charge in [-0.15, -0.1) is 0 Å². The van der Waals surface area contributed by atoms with E-state index in [2.05, 4.69) is 15.3 Å². The fraction of sp³-hybridized carbons (Fsp3) is 0.391. The zero-order chi connectivity index (χ0) is 26.4. The number of piperidine rings is 1. The smallest absolute Gasteiger partial charge is 0.296 e. The quantitative estimate of drug-likeness (QED) is 0.531. The molecule has 34 heavy (non-hydrogen) atoms. The molecule has 0 bridgehead atoms. The molecule has 2 aromatic carbocycles. The monoisotopic (exact) mass is 497 g/mol. The fourth-order valence-electron chi connectivity index (χ4n) is 4.05. The Kier molecular flexibility index (Phi) is 5.21. The fourth-order valence-corrected chi connectivity index (χ4v) is 4.23. The van der Waals surface area contributed by atoms with Gasteiger partial charge in [-0.1, -0.05) is 17.7 Å². The molecule has 1 atom stereocenters. The zero-order valence-electron chi connectivity index (χ0n) is 20.7. The maximum Gasteiger partial charge on any atom is 0.296 e. The second-order valence-electron chi connectivity index (χ2n) is 8.18. The predicted octanol–water partition coefficient (Wildman–Crippen LogP) is 4.66. The number of fused-ring (bicyclic) bond motifs is 1. The van der Waals surface area contributed by atoms with E-state index >= 15 is 8.78 Å². The Hall–Kier alpha value is -2.82. The Morgan fingerprint density at radius 3 is 2.85 bits per heavy atom. The summed E-state index contributed by atoms with van der Waals surface area (Å²) in [5.41, 5.74) is 0.245. The molecule has 5 rings (SSSR count). The van der Waals surface area contributed by atoms with Crippen molar-refractivity contribution in [2.75, 3.05) is 38.7 Å². The molecule has 0 amide bonds. The van der Waals surface area contributed by atoms with Crippen LogP contribution in [-0.4, -0.2) is 66.3 Å². The molecule has 1 N–H and O–H groups in total. The molecule has 1 aromatic heterocycles. The van der Waals surface area contributed by atoms with E-state index in [4.69, 9.17) is 29.9 Å². The summed E-state index contributed by atoms with van der Waals surface area (Å²) in [7, 11) is -2.88. The summed E-state index contributed by atoms with van der Waals surface area (Å²) in [6.45, 7) is 0.664. The zero-order valence-corrected chi connectivity index (χ0v) is 18.5. The molecule has 2 saturated heterocycles. The lowest BCUT2D eigenvalue weighted by Crippen LogP contribution is -2.60. The number of aromatic nitrogens is 2. The topological polar surface area (TPSA) is 68.7 Å². The van der Waals surface area contributed by atoms with Gasteiger partial charge in [0.2, 0.25) is 0 Å². The summed E-state index contributed by atoms with van der Waals surface area (Å²) >= 11 is 5.86. The van der Waals surface area contributed by atoms with Gasteiger partial charge in [0.25, 0.3) is 5.92 Å². The number of anilines is 2. The van der Waals surface area contributed by atoms with Gasteiger partial charge >= 0.3 is 0 Å². The first-order chi connectivity index (χ1) is 17.5. The lowest BCUT2D eigenvalue weighted by atomic mass is 10.0. The van der Waals surface area contributed by atoms with E-state index in [-0.39, 0.29) is 51.4 Å². The van der Waals surface area contributed by atoms with E-state index in [0.29, 0.717) is 19.8 Å². The molecule has 0 radical (unpaired) electrons. The van der Waals surface area contributed by atoms with Crippen molar-refractivity contribution in [1.29, 1.82) is 0 Å². The number of hydrogen-bond donors (Lipinski definition) is 1. The number of likely N-dealkylation sites (tertiary alicyclic amines) is 1. The number of ether oxygens (including phenoxy) is 3. The third-order valence-corrected chi connectivity index (χ3v) is 6.28. The Balaban J connectivity index is 1.50. The summed E-state index contributed by atoms with van der Waals surface area (Å²) in [6.07, 6.45) is -0.354. The maximum absolute atomic E-state index is 15.1. The minimum Gasteiger partial charge on any atom is -0.493 e. The first-order valence-electron chi connectivity index (χ1n) is 12.1. The van der Waals surface area contributed by atoms with Crippen LogP contribution in [0, 0.1) is 5.82 Å². The van der Waals surface area contributed by atoms with Gasteiger partial charge in [0.1, 0.15) is 12.1 Å². The molecule has 1 unspecified atom stereocenters. The second-order valence-corrected chi connectivity index (χ2v) is 8.59. The van der Waals surface area contributed by atoms with Gasteiger partial charge in [-0.2, -0.15) is 0 Å². The van der Waals surface area contributed by atoms with Crippen LogP contribution in [0.1, 0.15) is 10.5 Å². The Labute approximate surface area is 203 Å². The molecule has 0 aliphatic carbocycles. The van der Waals surface area contributed by atoms with Gasteiger partial charge in [-0.25, -0.2) is 23.1 Å². The summed E-state index contributed by atoms with van der Waals surface area (Å²) in [5, 5.41) is 2.97. The Morgan fingerprint density at radius 1 is 1.26 bits per heavy atom. The highest BCUT2D eigenvalue weighted by molar-refractivity contribution is 6.31. The van der Waals surface area contributed by atoms with Crippen LogP contribution in [0.4, 0.5) is 24.7 Å². The molecule has 2 fully saturated rings. The van der Waals surface area contributed by atoms with Gasteiger partial charge in [0.15, 0.2) is 23.4 Å². The van der Waals surface area contributed by atoms with Gasteiger partial charge in [-0.05, 0) is 18.2 Å². The SMILES string of the molecule is [2H]C([2H])([2H])Oc1cc2ncnc(Nc3cccc(Cl)c3F)c2cc1OC1CCN(C2COC2)CC1(F)F. The van der Waals surface area contributed by atoms with Crippen LogP contribution in [0.25, 0.3) is 10.9 Å². The van der Waals surface area contributed by atoms with Crippen molar-refractivity contribution in [2.45, 2.75) is 24.5 Å². The van der Waals surface area contributed by atoms with Gasteiger partial charge in [0, 0.05) is 24.4 Å². The van der Waals surface area contributed by atoms with Gasteiger partial charge in [-0.3, -0.25) is 4.90 Å². The standard InChI is InChI=1S/C23H22ClF3N4O3/c1-32-18-8-17-14(22(29-12-28-17)30-16-4-2-3-15(24)21(16)25)7-19(18)34-20-5-6-31(11-23(20,26)27)13-9-33-10-13/h2-4,7-8,12-13,20H,5-6,9-11H2,1H3,(H,28,29,30)/i1D3. The molecule has 3 heterocycles. The lowest BCUT2D eigenvalue weighted by molar-refractivity contribution is -0.170. The highest BCUT2D eigenvalue weighted by Crippen LogP contribution is 2.39. The Bertz CT molecular complexity index is 1310. The van der Waals surface area contributed by atoms with Crippen molar-refractivity contribution in [2.24, 2.45) is 0 Å². The molecular weight excluding hydrogens is 473 g/mol. The van der Waals surface area contributed by atoms with Crippen molar-refractivity contribution in [3.63, 3.8) is 0 Å². The summed E-state index contributed by atoms with van der Waals surface area (Å²) in [4.78, 5) is 9.92. The number of alkyl halides is 2. The van der Waals surface area contributed by atoms with E-state index < -0.39 is 31.4 Å². The van der Waals surface area contributed by atoms with Crippen molar-refractivity contribution in [3.05, 3.63) is 47.5 Å². The second kappa shape index (κ2) is 9.09. The number of halogens is 4. The van der Waals surface area contributed by atoms with Gasteiger partial charge in [0.05, 0.1) is 53.2 Å². The van der Waals surface area contributed by atoms with Crippen LogP contribution < -0.4 is 14.8 Å². The number of nitrogens with zero attached hydrogens (tertiary/aromatic N) is 3. The van der Waals surface area contributed by atoms with E-state index in [1.807, 2.05) is 0 Å².